The molecule has 1 atom stereocenters. The molecule has 212 valence electrons. The van der Waals surface area contributed by atoms with E-state index in [1.165, 1.54) is 0 Å². The molecule has 0 aliphatic rings. The Balaban J connectivity index is 0.000000326. The molecule has 0 spiro atoms. The van der Waals surface area contributed by atoms with Crippen molar-refractivity contribution in [3.05, 3.63) is 93.8 Å². The van der Waals surface area contributed by atoms with E-state index in [-0.39, 0.29) is 5.92 Å². The van der Waals surface area contributed by atoms with Crippen molar-refractivity contribution in [1.29, 1.82) is 0 Å². The number of aromatic amines is 1. The van der Waals surface area contributed by atoms with E-state index in [4.69, 9.17) is 11.6 Å². The van der Waals surface area contributed by atoms with E-state index < -0.39 is 23.4 Å². The minimum Gasteiger partial charge on any atom is -0.358 e. The van der Waals surface area contributed by atoms with Crippen LogP contribution in [0.3, 0.4) is 0 Å². The first-order chi connectivity index (χ1) is 18.3. The summed E-state index contributed by atoms with van der Waals surface area (Å²) in [5, 5.41) is 1.74. The van der Waals surface area contributed by atoms with Gasteiger partial charge in [0.2, 0.25) is 0 Å². The van der Waals surface area contributed by atoms with Gasteiger partial charge >= 0.3 is 6.18 Å². The standard InChI is InChI=1S/C21H22ClF2N.C10H14F3N/c1-4-5-6-16-17-11-14(22)8-10-18(17)25-21(16)13(3)15-9-7-12(2)19(23)20(15)24;1-4-5-9(3)14-7-6-8(2)10(11,12)13/h7-11,13,25H,4-6H2,1-3H3;6-7H,2,4-5H2,1,3H3/b;7-6-,14-9?. The van der Waals surface area contributed by atoms with Crippen LogP contribution in [0.1, 0.15) is 81.7 Å². The fourth-order valence-corrected chi connectivity index (χ4v) is 4.33. The number of unbranched alkanes of at least 4 members (excludes halogenated alkanes) is 1. The first kappa shape index (κ1) is 32.3. The lowest BCUT2D eigenvalue weighted by Gasteiger charge is -2.15. The van der Waals surface area contributed by atoms with Crippen molar-refractivity contribution in [2.75, 3.05) is 0 Å². The number of benzene rings is 2. The number of aliphatic imine (C=N–C) groups is 1. The van der Waals surface area contributed by atoms with E-state index in [1.807, 2.05) is 32.0 Å². The molecule has 0 aliphatic carbocycles. The average Bonchev–Trinajstić information content (AvgIpc) is 3.23. The van der Waals surface area contributed by atoms with Gasteiger partial charge in [0.05, 0.1) is 0 Å². The highest BCUT2D eigenvalue weighted by Crippen LogP contribution is 2.35. The molecule has 0 saturated carbocycles. The molecule has 0 saturated heterocycles. The third-order valence-electron chi connectivity index (χ3n) is 6.43. The third kappa shape index (κ3) is 8.79. The summed E-state index contributed by atoms with van der Waals surface area (Å²) in [4.78, 5) is 7.25. The van der Waals surface area contributed by atoms with Crippen LogP contribution in [0.2, 0.25) is 5.02 Å². The SMILES string of the molecule is C=C(/C=C\N=C(C)CCC)C(F)(F)F.CCCCc1c(C(C)c2ccc(C)c(F)c2F)[nH]c2ccc(Cl)cc12. The summed E-state index contributed by atoms with van der Waals surface area (Å²) in [6.07, 6.45) is 2.36. The van der Waals surface area contributed by atoms with E-state index >= 15 is 0 Å². The summed E-state index contributed by atoms with van der Waals surface area (Å²) < 4.78 is 64.3. The molecule has 1 unspecified atom stereocenters. The Morgan fingerprint density at radius 3 is 2.41 bits per heavy atom. The van der Waals surface area contributed by atoms with E-state index in [9.17, 15) is 22.0 Å². The lowest BCUT2D eigenvalue weighted by atomic mass is 9.91. The summed E-state index contributed by atoms with van der Waals surface area (Å²) >= 11 is 6.17. The number of aryl methyl sites for hydroxylation is 2. The summed E-state index contributed by atoms with van der Waals surface area (Å²) in [6.45, 7) is 12.3. The van der Waals surface area contributed by atoms with Crippen LogP contribution in [0.5, 0.6) is 0 Å². The fourth-order valence-electron chi connectivity index (χ4n) is 4.16. The molecule has 0 bridgehead atoms. The molecule has 0 fully saturated rings. The maximum Gasteiger partial charge on any atom is 0.415 e. The number of allylic oxidation sites excluding steroid dienone is 2. The molecule has 39 heavy (non-hydrogen) atoms. The van der Waals surface area contributed by atoms with Gasteiger partial charge in [-0.1, -0.05) is 63.9 Å². The van der Waals surface area contributed by atoms with Gasteiger partial charge in [-0.15, -0.1) is 0 Å². The van der Waals surface area contributed by atoms with E-state index in [0.29, 0.717) is 16.1 Å². The van der Waals surface area contributed by atoms with Crippen LogP contribution < -0.4 is 0 Å². The number of nitrogens with one attached hydrogen (secondary N) is 1. The van der Waals surface area contributed by atoms with Crippen LogP contribution in [-0.2, 0) is 6.42 Å². The Morgan fingerprint density at radius 2 is 1.79 bits per heavy atom. The molecule has 1 N–H and O–H groups in total. The predicted molar refractivity (Wildman–Crippen MR) is 153 cm³/mol. The van der Waals surface area contributed by atoms with Gasteiger partial charge in [-0.3, -0.25) is 4.99 Å². The molecule has 1 heterocycles. The monoisotopic (exact) mass is 566 g/mol. The molecule has 0 aliphatic heterocycles. The number of hydrogen-bond acceptors (Lipinski definition) is 1. The Bertz CT molecular complexity index is 1330. The lowest BCUT2D eigenvalue weighted by Crippen LogP contribution is -2.08. The number of aromatic nitrogens is 1. The lowest BCUT2D eigenvalue weighted by molar-refractivity contribution is -0.0878. The van der Waals surface area contributed by atoms with Gasteiger partial charge in [-0.25, -0.2) is 8.78 Å². The maximum absolute atomic E-state index is 14.5. The molecule has 0 amide bonds. The second kappa shape index (κ2) is 14.5. The van der Waals surface area contributed by atoms with Gasteiger partial charge in [-0.05, 0) is 74.1 Å². The minimum atomic E-state index is -4.36. The minimum absolute atomic E-state index is 0.270. The second-order valence-corrected chi connectivity index (χ2v) is 10.0. The number of halogens is 6. The second-order valence-electron chi connectivity index (χ2n) is 9.59. The van der Waals surface area contributed by atoms with Gasteiger partial charge in [0, 0.05) is 45.0 Å². The zero-order valence-electron chi connectivity index (χ0n) is 23.1. The average molecular weight is 567 g/mol. The number of alkyl halides is 3. The summed E-state index contributed by atoms with van der Waals surface area (Å²) in [5.41, 5.74) is 3.69. The van der Waals surface area contributed by atoms with E-state index in [1.54, 1.807) is 26.0 Å². The number of fused-ring (bicyclic) bond motifs is 1. The topological polar surface area (TPSA) is 28.1 Å². The fraction of sp³-hybridized carbons (Fsp3) is 0.387. The van der Waals surface area contributed by atoms with Gasteiger partial charge in [-0.2, -0.15) is 13.2 Å². The molecule has 3 aromatic rings. The van der Waals surface area contributed by atoms with Crippen molar-refractivity contribution in [3.8, 4) is 0 Å². The smallest absolute Gasteiger partial charge is 0.358 e. The zero-order valence-corrected chi connectivity index (χ0v) is 23.8. The van der Waals surface area contributed by atoms with Crippen molar-refractivity contribution in [3.63, 3.8) is 0 Å². The largest absolute Gasteiger partial charge is 0.415 e. The summed E-state index contributed by atoms with van der Waals surface area (Å²) in [6, 6.07) is 9.04. The number of nitrogens with zero attached hydrogens (tertiary/aromatic N) is 1. The number of hydrogen-bond donors (Lipinski definition) is 1. The number of H-pyrrole nitrogens is 1. The highest BCUT2D eigenvalue weighted by Gasteiger charge is 2.29. The van der Waals surface area contributed by atoms with Crippen molar-refractivity contribution in [2.45, 2.75) is 78.8 Å². The van der Waals surface area contributed by atoms with Gasteiger partial charge in [0.15, 0.2) is 11.6 Å². The van der Waals surface area contributed by atoms with Crippen LogP contribution in [-0.4, -0.2) is 16.9 Å². The van der Waals surface area contributed by atoms with E-state index in [2.05, 4.69) is 23.5 Å². The molecular formula is C31H36ClF5N2. The predicted octanol–water partition coefficient (Wildman–Crippen LogP) is 10.8. The van der Waals surface area contributed by atoms with Gasteiger partial charge in [0.1, 0.15) is 0 Å². The third-order valence-corrected chi connectivity index (χ3v) is 6.67. The van der Waals surface area contributed by atoms with Crippen molar-refractivity contribution < 1.29 is 22.0 Å². The van der Waals surface area contributed by atoms with Gasteiger partial charge < -0.3 is 4.98 Å². The van der Waals surface area contributed by atoms with Crippen LogP contribution in [0, 0.1) is 18.6 Å². The molecular weight excluding hydrogens is 531 g/mol. The Morgan fingerprint density at radius 1 is 1.10 bits per heavy atom. The molecule has 0 radical (unpaired) electrons. The Kier molecular flexibility index (Phi) is 12.0. The van der Waals surface area contributed by atoms with Crippen LogP contribution in [0.25, 0.3) is 10.9 Å². The molecule has 8 heteroatoms. The quantitative estimate of drug-likeness (QED) is 0.152. The molecule has 2 aromatic carbocycles. The molecule has 2 nitrogen and oxygen atoms in total. The highest BCUT2D eigenvalue weighted by atomic mass is 35.5. The normalized spacial score (nSPS) is 13.1. The summed E-state index contributed by atoms with van der Waals surface area (Å²) in [7, 11) is 0. The molecule has 3 rings (SSSR count). The van der Waals surface area contributed by atoms with E-state index in [0.717, 1.165) is 72.3 Å². The Labute approximate surface area is 232 Å². The maximum atomic E-state index is 14.5. The van der Waals surface area contributed by atoms with Crippen molar-refractivity contribution in [1.82, 2.24) is 4.98 Å². The van der Waals surface area contributed by atoms with Crippen LogP contribution >= 0.6 is 11.6 Å². The van der Waals surface area contributed by atoms with Crippen molar-refractivity contribution >= 4 is 28.2 Å². The van der Waals surface area contributed by atoms with Crippen LogP contribution in [0.4, 0.5) is 22.0 Å². The molecule has 1 aromatic heterocycles. The van der Waals surface area contributed by atoms with Gasteiger partial charge in [0.25, 0.3) is 0 Å². The summed E-state index contributed by atoms with van der Waals surface area (Å²) in [5.74, 6) is -1.79. The Hall–Kier alpha value is -2.93. The first-order valence-electron chi connectivity index (χ1n) is 13.0. The van der Waals surface area contributed by atoms with Crippen LogP contribution in [0.15, 0.2) is 59.8 Å². The zero-order chi connectivity index (χ0) is 29.3. The highest BCUT2D eigenvalue weighted by molar-refractivity contribution is 6.31. The first-order valence-corrected chi connectivity index (χ1v) is 13.4. The van der Waals surface area contributed by atoms with Crippen molar-refractivity contribution in [2.24, 2.45) is 4.99 Å². The number of rotatable bonds is 9.